The number of hydrogen-bond acceptors (Lipinski definition) is 3. The van der Waals surface area contributed by atoms with Crippen molar-refractivity contribution in [1.82, 2.24) is 0 Å². The van der Waals surface area contributed by atoms with Crippen molar-refractivity contribution in [2.45, 2.75) is 0 Å². The monoisotopic (exact) mass is 254 g/mol. The normalized spacial score (nSPS) is 8.21. The molecular weight excluding hydrogens is 250 g/mol. The molecule has 0 aliphatic rings. The van der Waals surface area contributed by atoms with Crippen LogP contribution in [0.25, 0.3) is 0 Å². The van der Waals surface area contributed by atoms with Crippen LogP contribution < -0.4 is 4.74 Å². The summed E-state index contributed by atoms with van der Waals surface area (Å²) in [5.41, 5.74) is -0.814. The number of carbonyl (C=O) groups is 2. The lowest BCUT2D eigenvalue weighted by Crippen LogP contribution is -1.94. The van der Waals surface area contributed by atoms with Crippen LogP contribution in [-0.2, 0) is 0 Å². The quantitative estimate of drug-likeness (QED) is 0.712. The fourth-order valence-corrected chi connectivity index (χ4v) is 0.670. The second kappa shape index (κ2) is 7.62. The van der Waals surface area contributed by atoms with Gasteiger partial charge in [0.25, 0.3) is 0 Å². The smallest absolute Gasteiger partial charge is 0.409 e. The lowest BCUT2D eigenvalue weighted by atomic mass is 10.3. The molecule has 0 unspecified atom stereocenters. The zero-order valence-corrected chi connectivity index (χ0v) is 9.01. The third kappa shape index (κ3) is 9.32. The topological polar surface area (TPSA) is 43.4 Å². The highest BCUT2D eigenvalue weighted by Gasteiger charge is 1.95. The van der Waals surface area contributed by atoms with Gasteiger partial charge in [-0.2, -0.15) is 0 Å². The number of hydrogen-bond donors (Lipinski definition) is 0. The fraction of sp³-hybridized carbons (Fsp3) is 0. The Bertz CT molecular complexity index is 296. The van der Waals surface area contributed by atoms with E-state index >= 15 is 0 Å². The van der Waals surface area contributed by atoms with Crippen molar-refractivity contribution in [3.05, 3.63) is 30.3 Å². The lowest BCUT2D eigenvalue weighted by molar-refractivity contribution is 0.225. The van der Waals surface area contributed by atoms with Gasteiger partial charge in [-0.15, -0.1) is 0 Å². The molecule has 1 aromatic rings. The van der Waals surface area contributed by atoms with Gasteiger partial charge in [0, 0.05) is 11.6 Å². The van der Waals surface area contributed by atoms with E-state index in [1.807, 2.05) is 6.07 Å². The van der Waals surface area contributed by atoms with E-state index in [1.54, 1.807) is 24.3 Å². The van der Waals surface area contributed by atoms with Crippen LogP contribution >= 0.6 is 34.8 Å². The summed E-state index contributed by atoms with van der Waals surface area (Å²) in [6, 6.07) is 8.65. The molecule has 1 aromatic carbocycles. The Morgan fingerprint density at radius 2 is 1.43 bits per heavy atom. The van der Waals surface area contributed by atoms with Gasteiger partial charge in [-0.05, 0) is 35.3 Å². The molecule has 0 fully saturated rings. The minimum absolute atomic E-state index is 0.461. The highest BCUT2D eigenvalue weighted by molar-refractivity contribution is 6.93. The fourth-order valence-electron chi connectivity index (χ4n) is 0.581. The van der Waals surface area contributed by atoms with Gasteiger partial charge in [0.2, 0.25) is 0 Å². The van der Waals surface area contributed by atoms with E-state index < -0.39 is 10.1 Å². The van der Waals surface area contributed by atoms with E-state index in [1.165, 1.54) is 0 Å². The van der Waals surface area contributed by atoms with Gasteiger partial charge in [-0.1, -0.05) is 18.2 Å². The van der Waals surface area contributed by atoms with Gasteiger partial charge in [-0.25, -0.2) is 4.79 Å². The summed E-state index contributed by atoms with van der Waals surface area (Å²) in [7, 11) is 0. The Morgan fingerprint density at radius 1 is 1.00 bits per heavy atom. The van der Waals surface area contributed by atoms with Gasteiger partial charge in [0.05, 0.1) is 0 Å². The van der Waals surface area contributed by atoms with Gasteiger partial charge in [0.15, 0.2) is 0 Å². The summed E-state index contributed by atoms with van der Waals surface area (Å²) < 4.78 is 3.65. The average Bonchev–Trinajstić information content (AvgIpc) is 2.03. The summed E-state index contributed by atoms with van der Waals surface area (Å²) in [5.74, 6) is 0.461. The molecule has 3 nitrogen and oxygen atoms in total. The van der Waals surface area contributed by atoms with Crippen LogP contribution in [-0.4, -0.2) is 10.1 Å². The zero-order valence-electron chi connectivity index (χ0n) is 6.75. The summed E-state index contributed by atoms with van der Waals surface area (Å²) >= 11 is 13.8. The highest BCUT2D eigenvalue weighted by Crippen LogP contribution is 2.09. The molecule has 0 bridgehead atoms. The van der Waals surface area contributed by atoms with Crippen LogP contribution in [0.3, 0.4) is 0 Å². The van der Waals surface area contributed by atoms with Crippen LogP contribution in [0, 0.1) is 0 Å². The molecule has 1 rings (SSSR count). The van der Waals surface area contributed by atoms with Crippen LogP contribution in [0.15, 0.2) is 30.3 Å². The molecule has 0 aliphatic carbocycles. The molecule has 76 valence electrons. The molecular formula is C8H5Cl3O3. The summed E-state index contributed by atoms with van der Waals surface area (Å²) in [6.45, 7) is 0. The maximum atomic E-state index is 10.2. The van der Waals surface area contributed by atoms with Gasteiger partial charge < -0.3 is 4.74 Å². The van der Waals surface area contributed by atoms with Crippen molar-refractivity contribution in [3.8, 4) is 5.75 Å². The minimum Gasteiger partial charge on any atom is -0.415 e. The van der Waals surface area contributed by atoms with E-state index in [0.717, 1.165) is 0 Å². The number of halogens is 3. The number of rotatable bonds is 1. The third-order valence-electron chi connectivity index (χ3n) is 0.941. The van der Waals surface area contributed by atoms with Crippen molar-refractivity contribution in [2.75, 3.05) is 0 Å². The Kier molecular flexibility index (Phi) is 7.20. The van der Waals surface area contributed by atoms with Crippen molar-refractivity contribution >= 4 is 44.9 Å². The first kappa shape index (κ1) is 13.2. The first-order valence-corrected chi connectivity index (χ1v) is 4.43. The molecule has 0 aliphatic heterocycles. The largest absolute Gasteiger partial charge is 0.415 e. The van der Waals surface area contributed by atoms with E-state index in [2.05, 4.69) is 27.9 Å². The minimum atomic E-state index is -0.889. The van der Waals surface area contributed by atoms with Crippen LogP contribution in [0.2, 0.25) is 0 Å². The Balaban J connectivity index is 0.000000364. The van der Waals surface area contributed by atoms with Crippen LogP contribution in [0.1, 0.15) is 0 Å². The molecule has 0 spiro atoms. The van der Waals surface area contributed by atoms with Gasteiger partial charge in [-0.3, -0.25) is 4.79 Å². The van der Waals surface area contributed by atoms with E-state index in [4.69, 9.17) is 16.4 Å². The molecule has 0 heterocycles. The number of ether oxygens (including phenoxy) is 1. The van der Waals surface area contributed by atoms with Crippen molar-refractivity contribution in [2.24, 2.45) is 0 Å². The van der Waals surface area contributed by atoms with Crippen molar-refractivity contribution in [1.29, 1.82) is 0 Å². The first-order chi connectivity index (χ1) is 6.52. The Morgan fingerprint density at radius 3 is 1.79 bits per heavy atom. The standard InChI is InChI=1S/C7H5ClO2.CCl2O/c8-7(9)10-6-4-2-1-3-5-6;2-1(3)4/h1-5H;. The highest BCUT2D eigenvalue weighted by atomic mass is 35.5. The van der Waals surface area contributed by atoms with Gasteiger partial charge in [0.1, 0.15) is 5.75 Å². The molecule has 0 saturated heterocycles. The predicted octanol–water partition coefficient (Wildman–Crippen LogP) is 4.01. The van der Waals surface area contributed by atoms with Crippen LogP contribution in [0.5, 0.6) is 5.75 Å². The first-order valence-electron chi connectivity index (χ1n) is 3.29. The molecule has 0 aromatic heterocycles. The number of benzene rings is 1. The third-order valence-corrected chi connectivity index (χ3v) is 1.02. The average molecular weight is 255 g/mol. The number of para-hydroxylation sites is 1. The molecule has 0 saturated carbocycles. The van der Waals surface area contributed by atoms with Crippen LogP contribution in [0.4, 0.5) is 9.59 Å². The molecule has 0 N–H and O–H groups in total. The SMILES string of the molecule is O=C(Cl)Cl.O=C(Cl)Oc1ccccc1. The second-order valence-electron chi connectivity index (χ2n) is 1.88. The Hall–Kier alpha value is -0.770. The second-order valence-corrected chi connectivity index (χ2v) is 3.07. The van der Waals surface area contributed by atoms with Crippen molar-refractivity contribution in [3.63, 3.8) is 0 Å². The molecule has 0 amide bonds. The molecule has 0 atom stereocenters. The Labute approximate surface area is 95.5 Å². The molecule has 0 radical (unpaired) electrons. The maximum Gasteiger partial charge on any atom is 0.409 e. The van der Waals surface area contributed by atoms with E-state index in [-0.39, 0.29) is 0 Å². The van der Waals surface area contributed by atoms with E-state index in [0.29, 0.717) is 5.75 Å². The van der Waals surface area contributed by atoms with E-state index in [9.17, 15) is 4.79 Å². The summed E-state index contributed by atoms with van der Waals surface area (Å²) in [4.78, 5) is 19.1. The summed E-state index contributed by atoms with van der Waals surface area (Å²) in [5, 5.41) is 0. The predicted molar refractivity (Wildman–Crippen MR) is 55.4 cm³/mol. The molecule has 6 heteroatoms. The van der Waals surface area contributed by atoms with Gasteiger partial charge >= 0.3 is 10.1 Å². The lowest BCUT2D eigenvalue weighted by Gasteiger charge is -1.95. The van der Waals surface area contributed by atoms with Crippen molar-refractivity contribution < 1.29 is 14.3 Å². The molecule has 14 heavy (non-hydrogen) atoms. The maximum absolute atomic E-state index is 10.2. The summed E-state index contributed by atoms with van der Waals surface area (Å²) in [6.07, 6.45) is 0. The zero-order chi connectivity index (χ0) is 11.0. The number of carbonyl (C=O) groups excluding carboxylic acids is 2.